The third-order valence-electron chi connectivity index (χ3n) is 5.63. The fourth-order valence-corrected chi connectivity index (χ4v) is 4.36. The molecule has 5 rings (SSSR count). The van der Waals surface area contributed by atoms with Crippen LogP contribution in [0.2, 0.25) is 5.02 Å². The predicted octanol–water partition coefficient (Wildman–Crippen LogP) is 7.45. The van der Waals surface area contributed by atoms with Gasteiger partial charge in [0.25, 0.3) is 5.91 Å². The third kappa shape index (κ3) is 5.05. The standard InChI is InChI=1S/C29H23ClN2O3/c1-18-14-19(2)28(24(30)15-18)34-17-27(33)31-23-12-13-26-25(16-23)32-29(35-26)22-10-8-21(9-11-22)20-6-4-3-5-7-20/h3-16H,17H2,1-2H3,(H,31,33). The first kappa shape index (κ1) is 22.7. The fraction of sp³-hybridized carbons (Fsp3) is 0.103. The van der Waals surface area contributed by atoms with Crippen molar-refractivity contribution in [3.63, 3.8) is 0 Å². The molecule has 0 unspecified atom stereocenters. The van der Waals surface area contributed by atoms with Gasteiger partial charge in [-0.25, -0.2) is 4.98 Å². The summed E-state index contributed by atoms with van der Waals surface area (Å²) < 4.78 is 11.6. The number of hydrogen-bond donors (Lipinski definition) is 1. The lowest BCUT2D eigenvalue weighted by Gasteiger charge is -2.12. The molecule has 1 aromatic heterocycles. The molecular weight excluding hydrogens is 460 g/mol. The van der Waals surface area contributed by atoms with Crippen LogP contribution >= 0.6 is 11.6 Å². The van der Waals surface area contributed by atoms with Crippen molar-refractivity contribution in [3.8, 4) is 28.3 Å². The lowest BCUT2D eigenvalue weighted by atomic mass is 10.0. The predicted molar refractivity (Wildman–Crippen MR) is 140 cm³/mol. The van der Waals surface area contributed by atoms with E-state index in [2.05, 4.69) is 22.4 Å². The first-order valence-corrected chi connectivity index (χ1v) is 11.6. The first-order valence-electron chi connectivity index (χ1n) is 11.2. The molecule has 0 bridgehead atoms. The molecule has 174 valence electrons. The second-order valence-corrected chi connectivity index (χ2v) is 8.78. The molecule has 5 nitrogen and oxygen atoms in total. The number of rotatable bonds is 6. The van der Waals surface area contributed by atoms with Crippen LogP contribution in [0.1, 0.15) is 11.1 Å². The van der Waals surface area contributed by atoms with Crippen LogP contribution in [0.5, 0.6) is 5.75 Å². The Kier molecular flexibility index (Phi) is 6.25. The Balaban J connectivity index is 1.28. The topological polar surface area (TPSA) is 64.4 Å². The fourth-order valence-electron chi connectivity index (χ4n) is 3.98. The molecule has 0 atom stereocenters. The summed E-state index contributed by atoms with van der Waals surface area (Å²) in [5.41, 5.74) is 6.99. The molecular formula is C29H23ClN2O3. The zero-order valence-corrected chi connectivity index (χ0v) is 20.1. The molecule has 35 heavy (non-hydrogen) atoms. The number of nitrogens with zero attached hydrogens (tertiary/aromatic N) is 1. The number of ether oxygens (including phenoxy) is 1. The Morgan fingerprint density at radius 1 is 0.914 bits per heavy atom. The van der Waals surface area contributed by atoms with Crippen molar-refractivity contribution in [2.45, 2.75) is 13.8 Å². The van der Waals surface area contributed by atoms with Crippen LogP contribution in [0.4, 0.5) is 5.69 Å². The number of carbonyl (C=O) groups excluding carboxylic acids is 1. The molecule has 0 saturated carbocycles. The summed E-state index contributed by atoms with van der Waals surface area (Å²) in [4.78, 5) is 17.1. The summed E-state index contributed by atoms with van der Waals surface area (Å²) in [6.07, 6.45) is 0. The number of halogens is 1. The van der Waals surface area contributed by atoms with Crippen molar-refractivity contribution in [2.24, 2.45) is 0 Å². The normalized spacial score (nSPS) is 10.9. The molecule has 1 amide bonds. The van der Waals surface area contributed by atoms with Crippen molar-refractivity contribution in [1.29, 1.82) is 0 Å². The van der Waals surface area contributed by atoms with E-state index < -0.39 is 0 Å². The van der Waals surface area contributed by atoms with Gasteiger partial charge in [0, 0.05) is 11.3 Å². The monoisotopic (exact) mass is 482 g/mol. The maximum Gasteiger partial charge on any atom is 0.262 e. The largest absolute Gasteiger partial charge is 0.482 e. The highest BCUT2D eigenvalue weighted by Crippen LogP contribution is 2.30. The van der Waals surface area contributed by atoms with Gasteiger partial charge in [-0.3, -0.25) is 4.79 Å². The summed E-state index contributed by atoms with van der Waals surface area (Å²) in [7, 11) is 0. The molecule has 1 N–H and O–H groups in total. The smallest absolute Gasteiger partial charge is 0.262 e. The maximum atomic E-state index is 12.5. The number of nitrogens with one attached hydrogen (secondary N) is 1. The quantitative estimate of drug-likeness (QED) is 0.273. The lowest BCUT2D eigenvalue weighted by molar-refractivity contribution is -0.118. The van der Waals surface area contributed by atoms with Crippen molar-refractivity contribution in [2.75, 3.05) is 11.9 Å². The van der Waals surface area contributed by atoms with Crippen LogP contribution in [-0.4, -0.2) is 17.5 Å². The Hall–Kier alpha value is -4.09. The van der Waals surface area contributed by atoms with Gasteiger partial charge in [0.05, 0.1) is 5.02 Å². The summed E-state index contributed by atoms with van der Waals surface area (Å²) in [6.45, 7) is 3.71. The Bertz CT molecular complexity index is 1490. The number of fused-ring (bicyclic) bond motifs is 1. The summed E-state index contributed by atoms with van der Waals surface area (Å²) in [5.74, 6) is 0.749. The van der Waals surface area contributed by atoms with E-state index in [1.807, 2.05) is 68.4 Å². The first-order chi connectivity index (χ1) is 17.0. The number of anilines is 1. The van der Waals surface area contributed by atoms with Crippen LogP contribution in [0.3, 0.4) is 0 Å². The number of oxazole rings is 1. The average molecular weight is 483 g/mol. The molecule has 0 radical (unpaired) electrons. The Labute approximate surface area is 208 Å². The van der Waals surface area contributed by atoms with E-state index in [0.717, 1.165) is 27.8 Å². The van der Waals surface area contributed by atoms with Gasteiger partial charge in [0.2, 0.25) is 5.89 Å². The number of carbonyl (C=O) groups is 1. The molecule has 0 fully saturated rings. The van der Waals surface area contributed by atoms with Crippen LogP contribution in [-0.2, 0) is 4.79 Å². The third-order valence-corrected chi connectivity index (χ3v) is 5.91. The van der Waals surface area contributed by atoms with Crippen LogP contribution < -0.4 is 10.1 Å². The van der Waals surface area contributed by atoms with E-state index in [0.29, 0.717) is 33.4 Å². The summed E-state index contributed by atoms with van der Waals surface area (Å²) in [6, 6.07) is 27.4. The van der Waals surface area contributed by atoms with Crippen LogP contribution in [0.25, 0.3) is 33.7 Å². The zero-order valence-electron chi connectivity index (χ0n) is 19.3. The number of hydrogen-bond acceptors (Lipinski definition) is 4. The van der Waals surface area contributed by atoms with Gasteiger partial charge in [-0.1, -0.05) is 60.1 Å². The minimum absolute atomic E-state index is 0.153. The van der Waals surface area contributed by atoms with E-state index in [4.69, 9.17) is 20.8 Å². The zero-order chi connectivity index (χ0) is 24.4. The molecule has 0 spiro atoms. The van der Waals surface area contributed by atoms with E-state index >= 15 is 0 Å². The molecule has 5 aromatic rings. The summed E-state index contributed by atoms with van der Waals surface area (Å²) in [5, 5.41) is 3.33. The molecule has 0 saturated heterocycles. The van der Waals surface area contributed by atoms with Gasteiger partial charge in [-0.15, -0.1) is 0 Å². The van der Waals surface area contributed by atoms with Gasteiger partial charge in [0.15, 0.2) is 12.2 Å². The number of aromatic nitrogens is 1. The maximum absolute atomic E-state index is 12.5. The number of aryl methyl sites for hydroxylation is 2. The Morgan fingerprint density at radius 3 is 2.37 bits per heavy atom. The molecule has 0 aliphatic rings. The van der Waals surface area contributed by atoms with Crippen molar-refractivity contribution in [1.82, 2.24) is 4.98 Å². The highest BCUT2D eigenvalue weighted by molar-refractivity contribution is 6.32. The number of amides is 1. The molecule has 4 aromatic carbocycles. The SMILES string of the molecule is Cc1cc(C)c(OCC(=O)Nc2ccc3oc(-c4ccc(-c5ccccc5)cc4)nc3c2)c(Cl)c1. The van der Waals surface area contributed by atoms with Gasteiger partial charge in [-0.2, -0.15) is 0 Å². The highest BCUT2D eigenvalue weighted by Gasteiger charge is 2.12. The van der Waals surface area contributed by atoms with Gasteiger partial charge < -0.3 is 14.5 Å². The minimum atomic E-state index is -0.291. The second kappa shape index (κ2) is 9.65. The van der Waals surface area contributed by atoms with Crippen molar-refractivity contribution >= 4 is 34.3 Å². The molecule has 1 heterocycles. The average Bonchev–Trinajstić information content (AvgIpc) is 3.27. The minimum Gasteiger partial charge on any atom is -0.482 e. The van der Waals surface area contributed by atoms with Crippen molar-refractivity contribution in [3.05, 3.63) is 101 Å². The van der Waals surface area contributed by atoms with Crippen molar-refractivity contribution < 1.29 is 13.9 Å². The summed E-state index contributed by atoms with van der Waals surface area (Å²) >= 11 is 6.26. The molecule has 0 aliphatic heterocycles. The Morgan fingerprint density at radius 2 is 1.63 bits per heavy atom. The van der Waals surface area contributed by atoms with E-state index in [-0.39, 0.29) is 12.5 Å². The van der Waals surface area contributed by atoms with Gasteiger partial charge in [0.1, 0.15) is 11.3 Å². The second-order valence-electron chi connectivity index (χ2n) is 8.37. The highest BCUT2D eigenvalue weighted by atomic mass is 35.5. The van der Waals surface area contributed by atoms with Gasteiger partial charge >= 0.3 is 0 Å². The van der Waals surface area contributed by atoms with Crippen LogP contribution in [0.15, 0.2) is 89.3 Å². The lowest BCUT2D eigenvalue weighted by Crippen LogP contribution is -2.20. The van der Waals surface area contributed by atoms with E-state index in [1.165, 1.54) is 0 Å². The molecule has 6 heteroatoms. The van der Waals surface area contributed by atoms with Gasteiger partial charge in [-0.05, 0) is 72.5 Å². The van der Waals surface area contributed by atoms with E-state index in [9.17, 15) is 4.79 Å². The molecule has 0 aliphatic carbocycles. The number of benzene rings is 4. The van der Waals surface area contributed by atoms with Crippen LogP contribution in [0, 0.1) is 13.8 Å². The van der Waals surface area contributed by atoms with E-state index in [1.54, 1.807) is 18.2 Å².